The van der Waals surface area contributed by atoms with Gasteiger partial charge in [0.2, 0.25) is 0 Å². The molecule has 21 heavy (non-hydrogen) atoms. The fraction of sp³-hybridized carbons (Fsp3) is 0.438. The summed E-state index contributed by atoms with van der Waals surface area (Å²) in [5.41, 5.74) is 8.83. The van der Waals surface area contributed by atoms with Crippen LogP contribution in [0.25, 0.3) is 0 Å². The van der Waals surface area contributed by atoms with E-state index in [0.717, 1.165) is 36.2 Å². The number of nitrogens with zero attached hydrogens (tertiary/aromatic N) is 3. The van der Waals surface area contributed by atoms with Crippen molar-refractivity contribution >= 4 is 0 Å². The van der Waals surface area contributed by atoms with Crippen molar-refractivity contribution in [2.75, 3.05) is 0 Å². The van der Waals surface area contributed by atoms with E-state index in [1.165, 1.54) is 0 Å². The molecule has 1 unspecified atom stereocenters. The summed E-state index contributed by atoms with van der Waals surface area (Å²) >= 11 is 0. The number of nitrogens with two attached hydrogens (primary N) is 1. The lowest BCUT2D eigenvalue weighted by Crippen LogP contribution is -2.21. The van der Waals surface area contributed by atoms with Gasteiger partial charge in [0.15, 0.2) is 5.75 Å². The summed E-state index contributed by atoms with van der Waals surface area (Å²) in [6.07, 6.45) is 6.06. The maximum Gasteiger partial charge on any atom is 0.321 e. The van der Waals surface area contributed by atoms with Crippen LogP contribution in [0, 0.1) is 6.92 Å². The predicted octanol–water partition coefficient (Wildman–Crippen LogP) is 2.81. The van der Waals surface area contributed by atoms with Gasteiger partial charge in [-0.05, 0) is 43.9 Å². The maximum absolute atomic E-state index is 5.92. The molecule has 1 atom stereocenters. The molecule has 0 saturated carbocycles. The largest absolute Gasteiger partial charge is 0.422 e. The Morgan fingerprint density at radius 3 is 2.52 bits per heavy atom. The van der Waals surface area contributed by atoms with Crippen molar-refractivity contribution in [3.8, 4) is 11.8 Å². The zero-order valence-corrected chi connectivity index (χ0v) is 12.8. The van der Waals surface area contributed by atoms with Gasteiger partial charge in [-0.25, -0.2) is 9.97 Å². The van der Waals surface area contributed by atoms with Crippen LogP contribution >= 0.6 is 0 Å². The SMILES string of the molecule is CCc1nc(C)ccc1Oc1ncc(CC(N)CC)cn1. The van der Waals surface area contributed by atoms with E-state index in [2.05, 4.69) is 21.9 Å². The highest BCUT2D eigenvalue weighted by Crippen LogP contribution is 2.22. The lowest BCUT2D eigenvalue weighted by molar-refractivity contribution is 0.432. The van der Waals surface area contributed by atoms with Crippen LogP contribution in [0.15, 0.2) is 24.5 Å². The molecule has 0 saturated heterocycles. The highest BCUT2D eigenvalue weighted by atomic mass is 16.5. The zero-order chi connectivity index (χ0) is 15.2. The predicted molar refractivity (Wildman–Crippen MR) is 82.4 cm³/mol. The molecule has 0 aliphatic rings. The van der Waals surface area contributed by atoms with E-state index in [4.69, 9.17) is 10.5 Å². The fourth-order valence-electron chi connectivity index (χ4n) is 1.99. The number of hydrogen-bond donors (Lipinski definition) is 1. The first-order valence-corrected chi connectivity index (χ1v) is 7.33. The van der Waals surface area contributed by atoms with Crippen molar-refractivity contribution in [1.29, 1.82) is 0 Å². The third-order valence-electron chi connectivity index (χ3n) is 3.31. The second kappa shape index (κ2) is 7.13. The Bertz CT molecular complexity index is 583. The number of rotatable bonds is 6. The number of aromatic nitrogens is 3. The van der Waals surface area contributed by atoms with Crippen molar-refractivity contribution < 1.29 is 4.74 Å². The molecule has 2 N–H and O–H groups in total. The number of pyridine rings is 1. The van der Waals surface area contributed by atoms with Crippen LogP contribution in [0.5, 0.6) is 11.8 Å². The van der Waals surface area contributed by atoms with Crippen molar-refractivity contribution in [2.24, 2.45) is 5.73 Å². The Morgan fingerprint density at radius 2 is 1.90 bits per heavy atom. The standard InChI is InChI=1S/C16H22N4O/c1-4-13(17)8-12-9-18-16(19-10-12)21-15-7-6-11(3)20-14(15)5-2/h6-7,9-10,13H,4-5,8,17H2,1-3H3. The lowest BCUT2D eigenvalue weighted by Gasteiger charge is -2.10. The number of ether oxygens (including phenoxy) is 1. The Labute approximate surface area is 125 Å². The second-order valence-electron chi connectivity index (χ2n) is 5.10. The van der Waals surface area contributed by atoms with Gasteiger partial charge in [0.25, 0.3) is 0 Å². The molecule has 0 spiro atoms. The van der Waals surface area contributed by atoms with Crippen LogP contribution < -0.4 is 10.5 Å². The molecule has 0 fully saturated rings. The van der Waals surface area contributed by atoms with E-state index >= 15 is 0 Å². The first kappa shape index (κ1) is 15.4. The third-order valence-corrected chi connectivity index (χ3v) is 3.31. The van der Waals surface area contributed by atoms with Gasteiger partial charge in [-0.1, -0.05) is 13.8 Å². The number of hydrogen-bond acceptors (Lipinski definition) is 5. The van der Waals surface area contributed by atoms with E-state index in [-0.39, 0.29) is 6.04 Å². The Morgan fingerprint density at radius 1 is 1.19 bits per heavy atom. The van der Waals surface area contributed by atoms with Crippen LogP contribution in [0.4, 0.5) is 0 Å². The summed E-state index contributed by atoms with van der Waals surface area (Å²) in [5.74, 6) is 0.709. The molecule has 0 aliphatic carbocycles. The molecule has 0 aromatic carbocycles. The molecular formula is C16H22N4O. The molecule has 112 valence electrons. The van der Waals surface area contributed by atoms with Crippen LogP contribution in [0.3, 0.4) is 0 Å². The van der Waals surface area contributed by atoms with Gasteiger partial charge >= 0.3 is 6.01 Å². The molecule has 2 aromatic heterocycles. The molecule has 2 aromatic rings. The first-order valence-electron chi connectivity index (χ1n) is 7.33. The Kier molecular flexibility index (Phi) is 5.22. The third kappa shape index (κ3) is 4.23. The van der Waals surface area contributed by atoms with E-state index < -0.39 is 0 Å². The summed E-state index contributed by atoms with van der Waals surface area (Å²) < 4.78 is 5.73. The summed E-state index contributed by atoms with van der Waals surface area (Å²) in [4.78, 5) is 12.9. The molecule has 5 heteroatoms. The molecule has 2 rings (SSSR count). The maximum atomic E-state index is 5.92. The fourth-order valence-corrected chi connectivity index (χ4v) is 1.99. The van der Waals surface area contributed by atoms with Crippen LogP contribution in [0.2, 0.25) is 0 Å². The summed E-state index contributed by atoms with van der Waals surface area (Å²) in [6.45, 7) is 6.08. The minimum atomic E-state index is 0.147. The lowest BCUT2D eigenvalue weighted by atomic mass is 10.1. The molecule has 0 amide bonds. The smallest absolute Gasteiger partial charge is 0.321 e. The normalized spacial score (nSPS) is 12.2. The van der Waals surface area contributed by atoms with Gasteiger partial charge in [0.1, 0.15) is 0 Å². The molecule has 2 heterocycles. The second-order valence-corrected chi connectivity index (χ2v) is 5.10. The van der Waals surface area contributed by atoms with Crippen molar-refractivity contribution in [1.82, 2.24) is 15.0 Å². The van der Waals surface area contributed by atoms with E-state index in [1.807, 2.05) is 26.0 Å². The monoisotopic (exact) mass is 286 g/mol. The molecule has 5 nitrogen and oxygen atoms in total. The van der Waals surface area contributed by atoms with Gasteiger partial charge in [-0.3, -0.25) is 4.98 Å². The van der Waals surface area contributed by atoms with Crippen LogP contribution in [0.1, 0.15) is 37.2 Å². The Balaban J connectivity index is 2.10. The van der Waals surface area contributed by atoms with Gasteiger partial charge < -0.3 is 10.5 Å². The van der Waals surface area contributed by atoms with E-state index in [9.17, 15) is 0 Å². The minimum Gasteiger partial charge on any atom is -0.422 e. The van der Waals surface area contributed by atoms with E-state index in [0.29, 0.717) is 11.8 Å². The number of aryl methyl sites for hydroxylation is 2. The van der Waals surface area contributed by atoms with E-state index in [1.54, 1.807) is 12.4 Å². The molecule has 0 bridgehead atoms. The molecular weight excluding hydrogens is 264 g/mol. The van der Waals surface area contributed by atoms with Gasteiger partial charge in [0, 0.05) is 24.1 Å². The average Bonchev–Trinajstić information content (AvgIpc) is 2.50. The highest BCUT2D eigenvalue weighted by Gasteiger charge is 2.08. The molecule has 0 aliphatic heterocycles. The minimum absolute atomic E-state index is 0.147. The molecule has 0 radical (unpaired) electrons. The van der Waals surface area contributed by atoms with Crippen molar-refractivity contribution in [3.63, 3.8) is 0 Å². The topological polar surface area (TPSA) is 73.9 Å². The van der Waals surface area contributed by atoms with Gasteiger partial charge in [-0.15, -0.1) is 0 Å². The summed E-state index contributed by atoms with van der Waals surface area (Å²) in [5, 5.41) is 0. The van der Waals surface area contributed by atoms with Gasteiger partial charge in [-0.2, -0.15) is 0 Å². The quantitative estimate of drug-likeness (QED) is 0.884. The summed E-state index contributed by atoms with van der Waals surface area (Å²) in [6, 6.07) is 4.31. The van der Waals surface area contributed by atoms with Crippen LogP contribution in [-0.2, 0) is 12.8 Å². The first-order chi connectivity index (χ1) is 10.1. The summed E-state index contributed by atoms with van der Waals surface area (Å²) in [7, 11) is 0. The zero-order valence-electron chi connectivity index (χ0n) is 12.8. The highest BCUT2D eigenvalue weighted by molar-refractivity contribution is 5.31. The average molecular weight is 286 g/mol. The Hall–Kier alpha value is -2.01. The van der Waals surface area contributed by atoms with Gasteiger partial charge in [0.05, 0.1) is 5.69 Å². The van der Waals surface area contributed by atoms with Crippen molar-refractivity contribution in [2.45, 2.75) is 46.1 Å². The van der Waals surface area contributed by atoms with Crippen LogP contribution in [-0.4, -0.2) is 21.0 Å². The van der Waals surface area contributed by atoms with Crippen molar-refractivity contribution in [3.05, 3.63) is 41.5 Å².